The maximum absolute atomic E-state index is 11.0. The predicted octanol–water partition coefficient (Wildman–Crippen LogP) is 2.86. The molecule has 0 aliphatic rings. The molecular weight excluding hydrogens is 240 g/mol. The topological polar surface area (TPSA) is 54.3 Å². The van der Waals surface area contributed by atoms with Crippen LogP contribution in [-0.4, -0.2) is 21.7 Å². The first-order valence-electron chi connectivity index (χ1n) is 6.61. The van der Waals surface area contributed by atoms with Gasteiger partial charge < -0.3 is 15.0 Å². The van der Waals surface area contributed by atoms with Crippen LogP contribution in [0.1, 0.15) is 36.8 Å². The summed E-state index contributed by atoms with van der Waals surface area (Å²) in [6.07, 6.45) is 0. The maximum Gasteiger partial charge on any atom is 0.335 e. The molecule has 0 atom stereocenters. The van der Waals surface area contributed by atoms with Crippen molar-refractivity contribution in [1.29, 1.82) is 0 Å². The highest BCUT2D eigenvalue weighted by Gasteiger charge is 2.10. The van der Waals surface area contributed by atoms with Crippen LogP contribution in [-0.2, 0) is 13.1 Å². The van der Waals surface area contributed by atoms with Crippen LogP contribution in [0.15, 0.2) is 24.3 Å². The van der Waals surface area contributed by atoms with Crippen LogP contribution in [0.5, 0.6) is 0 Å². The maximum atomic E-state index is 11.0. The Morgan fingerprint density at radius 3 is 2.68 bits per heavy atom. The number of carboxylic acids is 1. The minimum atomic E-state index is -0.881. The second kappa shape index (κ2) is 5.45. The van der Waals surface area contributed by atoms with Crippen LogP contribution in [0.2, 0.25) is 0 Å². The number of aryl methyl sites for hydroxylation is 1. The van der Waals surface area contributed by atoms with Crippen LogP contribution in [0, 0.1) is 0 Å². The molecule has 102 valence electrons. The van der Waals surface area contributed by atoms with Crippen molar-refractivity contribution in [2.45, 2.75) is 39.9 Å². The zero-order valence-corrected chi connectivity index (χ0v) is 11.6. The number of carboxylic acid groups (broad SMARTS) is 1. The predicted molar refractivity (Wildman–Crippen MR) is 76.5 cm³/mol. The molecule has 0 spiro atoms. The van der Waals surface area contributed by atoms with Crippen LogP contribution in [0.25, 0.3) is 10.9 Å². The molecule has 0 aliphatic heterocycles. The molecule has 0 bridgehead atoms. The monoisotopic (exact) mass is 260 g/mol. The molecule has 2 rings (SSSR count). The summed E-state index contributed by atoms with van der Waals surface area (Å²) >= 11 is 0. The first kappa shape index (κ1) is 13.6. The van der Waals surface area contributed by atoms with Crippen molar-refractivity contribution in [2.75, 3.05) is 0 Å². The van der Waals surface area contributed by atoms with Gasteiger partial charge >= 0.3 is 5.97 Å². The smallest absolute Gasteiger partial charge is 0.335 e. The van der Waals surface area contributed by atoms with Gasteiger partial charge in [0, 0.05) is 35.7 Å². The third-order valence-electron chi connectivity index (χ3n) is 3.24. The molecule has 1 heterocycles. The van der Waals surface area contributed by atoms with Gasteiger partial charge in [-0.2, -0.15) is 0 Å². The molecule has 4 nitrogen and oxygen atoms in total. The molecule has 2 N–H and O–H groups in total. The Hall–Kier alpha value is -1.81. The molecule has 0 radical (unpaired) electrons. The highest BCUT2D eigenvalue weighted by Crippen LogP contribution is 2.21. The average Bonchev–Trinajstić information content (AvgIpc) is 2.72. The first-order valence-corrected chi connectivity index (χ1v) is 6.61. The van der Waals surface area contributed by atoms with Crippen LogP contribution >= 0.6 is 0 Å². The molecule has 1 aromatic heterocycles. The van der Waals surface area contributed by atoms with E-state index < -0.39 is 5.97 Å². The summed E-state index contributed by atoms with van der Waals surface area (Å²) < 4.78 is 2.22. The lowest BCUT2D eigenvalue weighted by molar-refractivity contribution is 0.0697. The van der Waals surface area contributed by atoms with E-state index in [2.05, 4.69) is 36.7 Å². The molecule has 0 saturated heterocycles. The summed E-state index contributed by atoms with van der Waals surface area (Å²) in [5.41, 5.74) is 2.62. The van der Waals surface area contributed by atoms with Gasteiger partial charge in [-0.05, 0) is 31.2 Å². The van der Waals surface area contributed by atoms with Gasteiger partial charge in [0.2, 0.25) is 0 Å². The molecule has 2 aromatic rings. The zero-order valence-electron chi connectivity index (χ0n) is 11.6. The summed E-state index contributed by atoms with van der Waals surface area (Å²) in [6.45, 7) is 8.00. The minimum absolute atomic E-state index is 0.337. The molecule has 4 heteroatoms. The summed E-state index contributed by atoms with van der Waals surface area (Å²) in [7, 11) is 0. The van der Waals surface area contributed by atoms with Crippen LogP contribution < -0.4 is 5.32 Å². The van der Waals surface area contributed by atoms with E-state index in [1.165, 1.54) is 5.69 Å². The lowest BCUT2D eigenvalue weighted by Gasteiger charge is -2.11. The zero-order chi connectivity index (χ0) is 14.0. The number of hydrogen-bond acceptors (Lipinski definition) is 2. The number of rotatable bonds is 5. The third-order valence-corrected chi connectivity index (χ3v) is 3.24. The summed E-state index contributed by atoms with van der Waals surface area (Å²) in [5.74, 6) is -0.881. The van der Waals surface area contributed by atoms with Gasteiger partial charge in [0.05, 0.1) is 5.56 Å². The Bertz CT molecular complexity index is 599. The van der Waals surface area contributed by atoms with Gasteiger partial charge in [-0.1, -0.05) is 13.8 Å². The standard InChI is InChI=1S/C15H20N2O2/c1-4-17-13(9-16-10(2)3)8-12-7-11(15(18)19)5-6-14(12)17/h5-8,10,16H,4,9H2,1-3H3,(H,18,19). The first-order chi connectivity index (χ1) is 9.02. The van der Waals surface area contributed by atoms with E-state index in [1.54, 1.807) is 12.1 Å². The van der Waals surface area contributed by atoms with E-state index in [9.17, 15) is 4.79 Å². The molecule has 1 aromatic carbocycles. The van der Waals surface area contributed by atoms with Crippen molar-refractivity contribution in [3.63, 3.8) is 0 Å². The summed E-state index contributed by atoms with van der Waals surface area (Å²) in [5, 5.41) is 13.4. The Balaban J connectivity index is 2.44. The lowest BCUT2D eigenvalue weighted by atomic mass is 10.1. The highest BCUT2D eigenvalue weighted by atomic mass is 16.4. The van der Waals surface area contributed by atoms with E-state index in [4.69, 9.17) is 5.11 Å². The minimum Gasteiger partial charge on any atom is -0.478 e. The van der Waals surface area contributed by atoms with Crippen molar-refractivity contribution in [1.82, 2.24) is 9.88 Å². The number of aromatic nitrogens is 1. The van der Waals surface area contributed by atoms with Crippen molar-refractivity contribution in [2.24, 2.45) is 0 Å². The second-order valence-corrected chi connectivity index (χ2v) is 4.99. The fourth-order valence-corrected chi connectivity index (χ4v) is 2.29. The summed E-state index contributed by atoms with van der Waals surface area (Å²) in [6, 6.07) is 7.79. The SMILES string of the molecule is CCn1c(CNC(C)C)cc2cc(C(=O)O)ccc21. The van der Waals surface area contributed by atoms with Crippen molar-refractivity contribution >= 4 is 16.9 Å². The Morgan fingerprint density at radius 1 is 1.37 bits per heavy atom. The van der Waals surface area contributed by atoms with Crippen molar-refractivity contribution in [3.8, 4) is 0 Å². The average molecular weight is 260 g/mol. The normalized spacial score (nSPS) is 11.4. The molecule has 19 heavy (non-hydrogen) atoms. The number of benzene rings is 1. The fraction of sp³-hybridized carbons (Fsp3) is 0.400. The van der Waals surface area contributed by atoms with E-state index in [0.717, 1.165) is 24.0 Å². The van der Waals surface area contributed by atoms with E-state index >= 15 is 0 Å². The van der Waals surface area contributed by atoms with Crippen LogP contribution in [0.4, 0.5) is 0 Å². The number of hydrogen-bond donors (Lipinski definition) is 2. The van der Waals surface area contributed by atoms with Crippen molar-refractivity contribution < 1.29 is 9.90 Å². The van der Waals surface area contributed by atoms with Gasteiger partial charge in [-0.15, -0.1) is 0 Å². The number of carbonyl (C=O) groups is 1. The molecule has 0 amide bonds. The summed E-state index contributed by atoms with van der Waals surface area (Å²) in [4.78, 5) is 11.0. The molecule has 0 aliphatic carbocycles. The Morgan fingerprint density at radius 2 is 2.11 bits per heavy atom. The molecule has 0 fully saturated rings. The van der Waals surface area contributed by atoms with Crippen LogP contribution in [0.3, 0.4) is 0 Å². The van der Waals surface area contributed by atoms with Gasteiger partial charge in [0.15, 0.2) is 0 Å². The van der Waals surface area contributed by atoms with Gasteiger partial charge in [0.25, 0.3) is 0 Å². The van der Waals surface area contributed by atoms with E-state index in [0.29, 0.717) is 11.6 Å². The molecular formula is C15H20N2O2. The quantitative estimate of drug-likeness (QED) is 0.869. The van der Waals surface area contributed by atoms with Gasteiger partial charge in [-0.3, -0.25) is 0 Å². The second-order valence-electron chi connectivity index (χ2n) is 4.99. The van der Waals surface area contributed by atoms with Gasteiger partial charge in [0.1, 0.15) is 0 Å². The number of fused-ring (bicyclic) bond motifs is 1. The number of aromatic carboxylic acids is 1. The Labute approximate surface area is 113 Å². The number of nitrogens with one attached hydrogen (secondary N) is 1. The molecule has 0 saturated carbocycles. The number of nitrogens with zero attached hydrogens (tertiary/aromatic N) is 1. The Kier molecular flexibility index (Phi) is 3.90. The fourth-order valence-electron chi connectivity index (χ4n) is 2.29. The van der Waals surface area contributed by atoms with E-state index in [-0.39, 0.29) is 0 Å². The molecule has 0 unspecified atom stereocenters. The van der Waals surface area contributed by atoms with Crippen molar-refractivity contribution in [3.05, 3.63) is 35.5 Å². The lowest BCUT2D eigenvalue weighted by Crippen LogP contribution is -2.23. The highest BCUT2D eigenvalue weighted by molar-refractivity contribution is 5.94. The van der Waals surface area contributed by atoms with E-state index in [1.807, 2.05) is 6.07 Å². The largest absolute Gasteiger partial charge is 0.478 e. The third kappa shape index (κ3) is 2.79. The van der Waals surface area contributed by atoms with Gasteiger partial charge in [-0.25, -0.2) is 4.79 Å².